The lowest BCUT2D eigenvalue weighted by molar-refractivity contribution is -0.129. The number of carboxylic acid groups (broad SMARTS) is 2. The van der Waals surface area contributed by atoms with Crippen LogP contribution in [0.25, 0.3) is 0 Å². The van der Waals surface area contributed by atoms with Crippen molar-refractivity contribution in [2.24, 2.45) is 0 Å². The van der Waals surface area contributed by atoms with Crippen LogP contribution in [0, 0.1) is 21.4 Å². The second-order valence-corrected chi connectivity index (χ2v) is 18.3. The predicted molar refractivity (Wildman–Crippen MR) is 237 cm³/mol. The number of likely N-dealkylation sites (tertiary alicyclic amines) is 2. The number of benzene rings is 2. The number of rotatable bonds is 15. The van der Waals surface area contributed by atoms with Gasteiger partial charge in [0.1, 0.15) is 0 Å². The fourth-order valence-corrected chi connectivity index (χ4v) is 14.2. The molecule has 2 heterocycles. The molecule has 50 heavy (non-hydrogen) atoms. The molecule has 0 saturated carbocycles. The standard InChI is InChI=1S/C32H32I6N4O8/c33-23-15(13-41-11-5-9-19(41)45)25(35)29(27(37)21(23)31(47)48)39-17(43)7-3-1-2-4-8-18(44)40-30-26(36)16(14-42-12-6-10-20(42)46)24(34)22(28(30)38)32(49)50/h1-14H2,(H,39,43)(H,40,44)(H,47,48)(H,49,50). The average Bonchev–Trinajstić information content (AvgIpc) is 3.65. The molecule has 0 aromatic heterocycles. The van der Waals surface area contributed by atoms with Crippen LogP contribution in [0.2, 0.25) is 0 Å². The van der Waals surface area contributed by atoms with E-state index in [0.29, 0.717) is 95.5 Å². The van der Waals surface area contributed by atoms with Crippen molar-refractivity contribution in [2.45, 2.75) is 77.3 Å². The molecule has 0 radical (unpaired) electrons. The molecule has 4 N–H and O–H groups in total. The minimum absolute atomic E-state index is 0.0302. The van der Waals surface area contributed by atoms with Crippen LogP contribution in [0.1, 0.15) is 96.1 Å². The summed E-state index contributed by atoms with van der Waals surface area (Å²) >= 11 is 12.1. The zero-order chi connectivity index (χ0) is 36.9. The van der Waals surface area contributed by atoms with Crippen LogP contribution in [0.3, 0.4) is 0 Å². The molecule has 2 aliphatic heterocycles. The summed E-state index contributed by atoms with van der Waals surface area (Å²) in [5.41, 5.74) is 2.50. The largest absolute Gasteiger partial charge is 0.478 e. The van der Waals surface area contributed by atoms with Crippen LogP contribution in [-0.4, -0.2) is 68.7 Å². The summed E-state index contributed by atoms with van der Waals surface area (Å²) in [6, 6.07) is 0. The molecule has 4 rings (SSSR count). The van der Waals surface area contributed by atoms with E-state index < -0.39 is 11.9 Å². The van der Waals surface area contributed by atoms with Gasteiger partial charge in [0.15, 0.2) is 0 Å². The third kappa shape index (κ3) is 10.2. The van der Waals surface area contributed by atoms with E-state index in [2.05, 4.69) is 55.8 Å². The van der Waals surface area contributed by atoms with E-state index in [4.69, 9.17) is 0 Å². The maximum atomic E-state index is 13.0. The fourth-order valence-electron chi connectivity index (χ4n) is 5.76. The van der Waals surface area contributed by atoms with Crippen molar-refractivity contribution in [3.63, 3.8) is 0 Å². The van der Waals surface area contributed by atoms with Gasteiger partial charge in [0.25, 0.3) is 0 Å². The zero-order valence-corrected chi connectivity index (χ0v) is 39.4. The van der Waals surface area contributed by atoms with Crippen LogP contribution in [0.4, 0.5) is 11.4 Å². The van der Waals surface area contributed by atoms with Crippen molar-refractivity contribution in [3.8, 4) is 0 Å². The SMILES string of the molecule is O=C(CCCCCCC(=O)Nc1c(I)c(CN2CCCC2=O)c(I)c(C(=O)O)c1I)Nc1c(I)c(CN2CCCC2=O)c(I)c(C(=O)O)c1I. The minimum Gasteiger partial charge on any atom is -0.478 e. The molecular weight excluding hydrogens is 1330 g/mol. The Morgan fingerprint density at radius 2 is 0.920 bits per heavy atom. The maximum Gasteiger partial charge on any atom is 0.337 e. The second kappa shape index (κ2) is 19.3. The Morgan fingerprint density at radius 1 is 0.560 bits per heavy atom. The number of anilines is 2. The third-order valence-electron chi connectivity index (χ3n) is 8.37. The Labute approximate surface area is 371 Å². The van der Waals surface area contributed by atoms with Crippen LogP contribution in [0.15, 0.2) is 0 Å². The first-order valence-electron chi connectivity index (χ1n) is 15.6. The molecule has 18 heteroatoms. The summed E-state index contributed by atoms with van der Waals surface area (Å²) in [5.74, 6) is -2.64. The van der Waals surface area contributed by atoms with E-state index in [1.807, 2.05) is 90.4 Å². The number of aromatic carboxylic acids is 2. The van der Waals surface area contributed by atoms with Gasteiger partial charge in [0.2, 0.25) is 23.6 Å². The molecule has 2 aliphatic rings. The van der Waals surface area contributed by atoms with E-state index in [9.17, 15) is 39.0 Å². The molecule has 12 nitrogen and oxygen atoms in total. The zero-order valence-electron chi connectivity index (χ0n) is 26.4. The average molecular weight is 1360 g/mol. The van der Waals surface area contributed by atoms with E-state index in [-0.39, 0.29) is 60.7 Å². The van der Waals surface area contributed by atoms with Gasteiger partial charge in [-0.05, 0) is 161 Å². The number of nitrogens with one attached hydrogen (secondary N) is 2. The number of halogens is 6. The molecule has 2 aromatic rings. The minimum atomic E-state index is -1.10. The molecular formula is C32H32I6N4O8. The maximum absolute atomic E-state index is 13.0. The lowest BCUT2D eigenvalue weighted by atomic mass is 10.1. The smallest absolute Gasteiger partial charge is 0.337 e. The predicted octanol–water partition coefficient (Wildman–Crippen LogP) is 7.87. The highest BCUT2D eigenvalue weighted by Gasteiger charge is 2.30. The van der Waals surface area contributed by atoms with Crippen molar-refractivity contribution in [3.05, 3.63) is 43.7 Å². The molecule has 0 unspecified atom stereocenters. The molecule has 0 bridgehead atoms. The van der Waals surface area contributed by atoms with E-state index in [1.54, 1.807) is 9.80 Å². The number of carbonyl (C=O) groups excluding carboxylic acids is 4. The quantitative estimate of drug-likeness (QED) is 0.103. The number of hydrogen-bond donors (Lipinski definition) is 4. The van der Waals surface area contributed by atoms with Gasteiger partial charge in [-0.2, -0.15) is 0 Å². The van der Waals surface area contributed by atoms with Gasteiger partial charge in [-0.3, -0.25) is 19.2 Å². The Bertz CT molecular complexity index is 1630. The summed E-state index contributed by atoms with van der Waals surface area (Å²) < 4.78 is 3.40. The number of carbonyl (C=O) groups is 6. The van der Waals surface area contributed by atoms with E-state index in [0.717, 1.165) is 12.8 Å². The number of nitrogens with zero attached hydrogens (tertiary/aromatic N) is 2. The van der Waals surface area contributed by atoms with E-state index in [1.165, 1.54) is 0 Å². The van der Waals surface area contributed by atoms with Gasteiger partial charge in [-0.15, -0.1) is 0 Å². The van der Waals surface area contributed by atoms with Crippen LogP contribution in [-0.2, 0) is 32.3 Å². The first-order valence-corrected chi connectivity index (χ1v) is 22.1. The van der Waals surface area contributed by atoms with Gasteiger partial charge >= 0.3 is 11.9 Å². The second-order valence-electron chi connectivity index (χ2n) is 11.8. The van der Waals surface area contributed by atoms with Gasteiger partial charge in [0.05, 0.1) is 29.6 Å². The topological polar surface area (TPSA) is 173 Å². The Kier molecular flexibility index (Phi) is 16.4. The summed E-state index contributed by atoms with van der Waals surface area (Å²) in [6.45, 7) is 1.79. The lowest BCUT2D eigenvalue weighted by Crippen LogP contribution is -2.26. The highest BCUT2D eigenvalue weighted by Crippen LogP contribution is 2.38. The van der Waals surface area contributed by atoms with Crippen molar-refractivity contribution in [2.75, 3.05) is 23.7 Å². The number of amides is 4. The Morgan fingerprint density at radius 3 is 1.22 bits per heavy atom. The molecule has 2 saturated heterocycles. The van der Waals surface area contributed by atoms with Crippen molar-refractivity contribution < 1.29 is 39.0 Å². The highest BCUT2D eigenvalue weighted by molar-refractivity contribution is 14.1. The summed E-state index contributed by atoms with van der Waals surface area (Å²) in [5, 5.41) is 25.7. The summed E-state index contributed by atoms with van der Waals surface area (Å²) in [4.78, 5) is 78.3. The molecule has 0 aliphatic carbocycles. The van der Waals surface area contributed by atoms with Gasteiger partial charge in [0, 0.05) is 77.3 Å². The van der Waals surface area contributed by atoms with Crippen molar-refractivity contribution >= 4 is 182 Å². The molecule has 2 aromatic carbocycles. The number of carboxylic acids is 2. The Hall–Kier alpha value is -0.360. The molecule has 4 amide bonds. The number of unbranched alkanes of at least 4 members (excludes halogenated alkanes) is 3. The van der Waals surface area contributed by atoms with Crippen LogP contribution < -0.4 is 10.6 Å². The van der Waals surface area contributed by atoms with E-state index >= 15 is 0 Å². The highest BCUT2D eigenvalue weighted by atomic mass is 127. The lowest BCUT2D eigenvalue weighted by Gasteiger charge is -2.22. The van der Waals surface area contributed by atoms with Gasteiger partial charge < -0.3 is 30.6 Å². The molecule has 0 spiro atoms. The Balaban J connectivity index is 1.32. The third-order valence-corrected chi connectivity index (χ3v) is 15.3. The van der Waals surface area contributed by atoms with Gasteiger partial charge in [-0.25, -0.2) is 9.59 Å². The summed E-state index contributed by atoms with van der Waals surface area (Å²) in [7, 11) is 0. The molecule has 0 atom stereocenters. The first-order chi connectivity index (χ1) is 23.6. The van der Waals surface area contributed by atoms with Crippen molar-refractivity contribution in [1.29, 1.82) is 0 Å². The summed E-state index contributed by atoms with van der Waals surface area (Å²) in [6.07, 6.45) is 5.43. The molecule has 270 valence electrons. The van der Waals surface area contributed by atoms with Gasteiger partial charge in [-0.1, -0.05) is 12.8 Å². The number of hydrogen-bond acceptors (Lipinski definition) is 6. The van der Waals surface area contributed by atoms with Crippen molar-refractivity contribution in [1.82, 2.24) is 9.80 Å². The van der Waals surface area contributed by atoms with Crippen LogP contribution >= 0.6 is 136 Å². The monoisotopic (exact) mass is 1360 g/mol. The molecule has 2 fully saturated rings. The van der Waals surface area contributed by atoms with Crippen LogP contribution in [0.5, 0.6) is 0 Å². The fraction of sp³-hybridized carbons (Fsp3) is 0.438. The normalized spacial score (nSPS) is 14.4. The first kappa shape index (κ1) is 42.4.